The van der Waals surface area contributed by atoms with Crippen LogP contribution < -0.4 is 5.73 Å². The van der Waals surface area contributed by atoms with Crippen molar-refractivity contribution in [3.63, 3.8) is 0 Å². The number of nitrogens with zero attached hydrogens (tertiary/aromatic N) is 1. The fourth-order valence-corrected chi connectivity index (χ4v) is 4.24. The largest absolute Gasteiger partial charge is 0.327 e. The highest BCUT2D eigenvalue weighted by molar-refractivity contribution is 4.87. The standard InChI is InChI=1S/C17H34N2/c1-4-6-15-8-9-17(18)16(11-15)12-19-10-5-7-13(2)14(19)3/h13-17H,4-12,18H2,1-3H3. The monoisotopic (exact) mass is 266 g/mol. The Bertz CT molecular complexity index is 266. The Hall–Kier alpha value is -0.0800. The topological polar surface area (TPSA) is 29.3 Å². The Morgan fingerprint density at radius 1 is 1.16 bits per heavy atom. The summed E-state index contributed by atoms with van der Waals surface area (Å²) in [4.78, 5) is 2.73. The van der Waals surface area contributed by atoms with Gasteiger partial charge in [0.1, 0.15) is 0 Å². The molecule has 0 aromatic rings. The van der Waals surface area contributed by atoms with Crippen LogP contribution in [0.3, 0.4) is 0 Å². The number of piperidine rings is 1. The molecule has 0 amide bonds. The summed E-state index contributed by atoms with van der Waals surface area (Å²) in [7, 11) is 0. The minimum atomic E-state index is 0.456. The van der Waals surface area contributed by atoms with E-state index in [9.17, 15) is 0 Å². The van der Waals surface area contributed by atoms with Gasteiger partial charge in [0, 0.05) is 18.6 Å². The number of nitrogens with two attached hydrogens (primary N) is 1. The van der Waals surface area contributed by atoms with Gasteiger partial charge < -0.3 is 10.6 Å². The van der Waals surface area contributed by atoms with E-state index in [2.05, 4.69) is 25.7 Å². The smallest absolute Gasteiger partial charge is 0.00926 e. The predicted molar refractivity (Wildman–Crippen MR) is 83.1 cm³/mol. The van der Waals surface area contributed by atoms with Gasteiger partial charge in [-0.25, -0.2) is 0 Å². The number of rotatable bonds is 4. The van der Waals surface area contributed by atoms with Gasteiger partial charge in [-0.3, -0.25) is 0 Å². The minimum absolute atomic E-state index is 0.456. The van der Waals surface area contributed by atoms with Crippen molar-refractivity contribution in [3.05, 3.63) is 0 Å². The van der Waals surface area contributed by atoms with Gasteiger partial charge in [-0.05, 0) is 63.3 Å². The van der Waals surface area contributed by atoms with Crippen LogP contribution in [0.15, 0.2) is 0 Å². The van der Waals surface area contributed by atoms with Crippen molar-refractivity contribution in [3.8, 4) is 0 Å². The molecule has 112 valence electrons. The van der Waals surface area contributed by atoms with Crippen LogP contribution in [0, 0.1) is 17.8 Å². The van der Waals surface area contributed by atoms with E-state index < -0.39 is 0 Å². The molecule has 0 radical (unpaired) electrons. The Labute approximate surface area is 120 Å². The summed E-state index contributed by atoms with van der Waals surface area (Å²) in [6.45, 7) is 9.71. The van der Waals surface area contributed by atoms with E-state index in [1.165, 1.54) is 58.0 Å². The molecule has 1 aliphatic carbocycles. The highest BCUT2D eigenvalue weighted by Gasteiger charge is 2.32. The summed E-state index contributed by atoms with van der Waals surface area (Å²) >= 11 is 0. The molecule has 2 heteroatoms. The van der Waals surface area contributed by atoms with E-state index in [-0.39, 0.29) is 0 Å². The first kappa shape index (κ1) is 15.3. The number of hydrogen-bond acceptors (Lipinski definition) is 2. The van der Waals surface area contributed by atoms with Crippen LogP contribution in [0.25, 0.3) is 0 Å². The summed E-state index contributed by atoms with van der Waals surface area (Å²) in [5, 5.41) is 0. The summed E-state index contributed by atoms with van der Waals surface area (Å²) in [5.74, 6) is 2.56. The van der Waals surface area contributed by atoms with E-state index in [4.69, 9.17) is 5.73 Å². The van der Waals surface area contributed by atoms with Gasteiger partial charge >= 0.3 is 0 Å². The molecule has 2 nitrogen and oxygen atoms in total. The molecule has 1 aliphatic heterocycles. The molecule has 2 fully saturated rings. The first-order chi connectivity index (χ1) is 9.11. The lowest BCUT2D eigenvalue weighted by Gasteiger charge is -2.43. The third kappa shape index (κ3) is 3.95. The van der Waals surface area contributed by atoms with E-state index in [0.29, 0.717) is 6.04 Å². The number of likely N-dealkylation sites (tertiary alicyclic amines) is 1. The first-order valence-corrected chi connectivity index (χ1v) is 8.61. The van der Waals surface area contributed by atoms with Gasteiger partial charge in [0.05, 0.1) is 0 Å². The maximum Gasteiger partial charge on any atom is 0.00926 e. The molecule has 2 aliphatic rings. The van der Waals surface area contributed by atoms with Crippen molar-refractivity contribution in [2.75, 3.05) is 13.1 Å². The summed E-state index contributed by atoms with van der Waals surface area (Å²) in [6.07, 6.45) is 9.55. The SMILES string of the molecule is CCCC1CCC(N)C(CN2CCCC(C)C2C)C1. The average molecular weight is 266 g/mol. The van der Waals surface area contributed by atoms with Crippen LogP contribution in [-0.2, 0) is 0 Å². The normalized spacial score (nSPS) is 41.4. The second kappa shape index (κ2) is 7.08. The second-order valence-corrected chi connectivity index (χ2v) is 7.25. The summed E-state index contributed by atoms with van der Waals surface area (Å²) in [6, 6.07) is 1.21. The van der Waals surface area contributed by atoms with Crippen molar-refractivity contribution >= 4 is 0 Å². The summed E-state index contributed by atoms with van der Waals surface area (Å²) < 4.78 is 0. The van der Waals surface area contributed by atoms with Gasteiger partial charge in [-0.1, -0.05) is 26.7 Å². The Kier molecular flexibility index (Phi) is 5.70. The fourth-order valence-electron chi connectivity index (χ4n) is 4.24. The maximum atomic E-state index is 6.41. The molecular formula is C17H34N2. The average Bonchev–Trinajstić information content (AvgIpc) is 2.39. The van der Waals surface area contributed by atoms with Crippen LogP contribution in [0.2, 0.25) is 0 Å². The Balaban J connectivity index is 1.88. The molecule has 19 heavy (non-hydrogen) atoms. The van der Waals surface area contributed by atoms with Crippen LogP contribution in [0.4, 0.5) is 0 Å². The molecule has 0 spiro atoms. The van der Waals surface area contributed by atoms with Crippen molar-refractivity contribution in [2.24, 2.45) is 23.5 Å². The lowest BCUT2D eigenvalue weighted by atomic mass is 9.76. The summed E-state index contributed by atoms with van der Waals surface area (Å²) in [5.41, 5.74) is 6.41. The third-order valence-electron chi connectivity index (χ3n) is 5.82. The molecule has 5 unspecified atom stereocenters. The van der Waals surface area contributed by atoms with E-state index in [1.807, 2.05) is 0 Å². The van der Waals surface area contributed by atoms with Gasteiger partial charge in [0.2, 0.25) is 0 Å². The molecule has 1 saturated carbocycles. The maximum absolute atomic E-state index is 6.41. The highest BCUT2D eigenvalue weighted by atomic mass is 15.2. The zero-order valence-electron chi connectivity index (χ0n) is 13.3. The van der Waals surface area contributed by atoms with Gasteiger partial charge in [0.25, 0.3) is 0 Å². The fraction of sp³-hybridized carbons (Fsp3) is 1.00. The molecule has 5 atom stereocenters. The molecule has 0 aromatic carbocycles. The van der Waals surface area contributed by atoms with Crippen molar-refractivity contribution in [1.82, 2.24) is 4.90 Å². The third-order valence-corrected chi connectivity index (χ3v) is 5.82. The van der Waals surface area contributed by atoms with Crippen LogP contribution in [0.1, 0.15) is 65.7 Å². The van der Waals surface area contributed by atoms with Gasteiger partial charge in [0.15, 0.2) is 0 Å². The molecule has 2 rings (SSSR count). The van der Waals surface area contributed by atoms with Gasteiger partial charge in [-0.15, -0.1) is 0 Å². The van der Waals surface area contributed by atoms with Crippen LogP contribution in [-0.4, -0.2) is 30.1 Å². The molecule has 1 heterocycles. The van der Waals surface area contributed by atoms with E-state index >= 15 is 0 Å². The van der Waals surface area contributed by atoms with Gasteiger partial charge in [-0.2, -0.15) is 0 Å². The molecule has 2 N–H and O–H groups in total. The zero-order chi connectivity index (χ0) is 13.8. The Morgan fingerprint density at radius 2 is 1.95 bits per heavy atom. The lowest BCUT2D eigenvalue weighted by Crippen LogP contribution is -2.49. The number of hydrogen-bond donors (Lipinski definition) is 1. The molecule has 1 saturated heterocycles. The second-order valence-electron chi connectivity index (χ2n) is 7.25. The highest BCUT2D eigenvalue weighted by Crippen LogP contribution is 2.33. The predicted octanol–water partition coefficient (Wildman–Crippen LogP) is 3.65. The minimum Gasteiger partial charge on any atom is -0.327 e. The van der Waals surface area contributed by atoms with Crippen molar-refractivity contribution in [2.45, 2.75) is 77.8 Å². The van der Waals surface area contributed by atoms with Crippen LogP contribution in [0.5, 0.6) is 0 Å². The van der Waals surface area contributed by atoms with Crippen molar-refractivity contribution < 1.29 is 0 Å². The first-order valence-electron chi connectivity index (χ1n) is 8.61. The molecular weight excluding hydrogens is 232 g/mol. The van der Waals surface area contributed by atoms with E-state index in [0.717, 1.165) is 23.8 Å². The molecule has 0 bridgehead atoms. The Morgan fingerprint density at radius 3 is 2.68 bits per heavy atom. The van der Waals surface area contributed by atoms with E-state index in [1.54, 1.807) is 0 Å². The quantitative estimate of drug-likeness (QED) is 0.841. The molecule has 0 aromatic heterocycles. The lowest BCUT2D eigenvalue weighted by molar-refractivity contribution is 0.0721. The van der Waals surface area contributed by atoms with Crippen LogP contribution >= 0.6 is 0 Å². The van der Waals surface area contributed by atoms with Crippen molar-refractivity contribution in [1.29, 1.82) is 0 Å². The zero-order valence-corrected chi connectivity index (χ0v) is 13.3.